The van der Waals surface area contributed by atoms with Crippen LogP contribution in [0.2, 0.25) is 0 Å². The Bertz CT molecular complexity index is 1660. The van der Waals surface area contributed by atoms with E-state index in [4.69, 9.17) is 18.9 Å². The lowest BCUT2D eigenvalue weighted by molar-refractivity contribution is -0.374. The fraction of sp³-hybridized carbons (Fsp3) is 0.537. The Morgan fingerprint density at radius 3 is 2.09 bits per heavy atom. The number of aliphatic carboxylic acids is 3. The summed E-state index contributed by atoms with van der Waals surface area (Å²) in [6.45, 7) is 5.18. The zero-order valence-corrected chi connectivity index (χ0v) is 31.4. The summed E-state index contributed by atoms with van der Waals surface area (Å²) in [5, 5.41) is 53.8. The van der Waals surface area contributed by atoms with Gasteiger partial charge in [-0.25, -0.2) is 14.4 Å². The third kappa shape index (κ3) is 9.79. The van der Waals surface area contributed by atoms with E-state index in [9.17, 15) is 49.5 Å². The topological polar surface area (TPSA) is 223 Å². The van der Waals surface area contributed by atoms with Gasteiger partial charge in [-0.1, -0.05) is 86.7 Å². The maximum Gasteiger partial charge on any atom is 0.344 e. The number of ether oxygens (including phenoxy) is 4. The lowest BCUT2D eigenvalue weighted by atomic mass is 9.74. The van der Waals surface area contributed by atoms with Gasteiger partial charge in [0.1, 0.15) is 12.2 Å². The Labute approximate surface area is 320 Å². The Morgan fingerprint density at radius 2 is 1.51 bits per heavy atom. The second-order valence-electron chi connectivity index (χ2n) is 14.6. The molecule has 0 aromatic heterocycles. The van der Waals surface area contributed by atoms with Crippen molar-refractivity contribution in [3.63, 3.8) is 0 Å². The highest BCUT2D eigenvalue weighted by atomic mass is 16.8. The first kappa shape index (κ1) is 43.1. The number of aryl methyl sites for hydroxylation is 1. The van der Waals surface area contributed by atoms with Crippen LogP contribution in [0.5, 0.6) is 0 Å². The highest BCUT2D eigenvalue weighted by Crippen LogP contribution is 2.55. The van der Waals surface area contributed by atoms with E-state index in [2.05, 4.69) is 19.1 Å². The van der Waals surface area contributed by atoms with Crippen molar-refractivity contribution in [2.45, 2.75) is 126 Å². The van der Waals surface area contributed by atoms with E-state index in [1.165, 1.54) is 12.5 Å². The minimum absolute atomic E-state index is 0.0284. The minimum atomic E-state index is -3.86. The van der Waals surface area contributed by atoms with E-state index >= 15 is 0 Å². The molecule has 0 aliphatic carbocycles. The molecule has 55 heavy (non-hydrogen) atoms. The van der Waals surface area contributed by atoms with E-state index in [0.29, 0.717) is 12.8 Å². The number of fused-ring (bicyclic) bond motifs is 2. The van der Waals surface area contributed by atoms with Crippen LogP contribution in [-0.2, 0) is 55.8 Å². The average Bonchev–Trinajstić information content (AvgIpc) is 3.34. The fourth-order valence-electron chi connectivity index (χ4n) is 7.55. The number of benzene rings is 2. The summed E-state index contributed by atoms with van der Waals surface area (Å²) < 4.78 is 22.2. The molecule has 14 heteroatoms. The number of carbonyl (C=O) groups is 5. The molecule has 0 radical (unpaired) electrons. The SMILES string of the molecule is CC(=O)O[C@@H](CCCC12O[C@@H](C(=O)O)C(O)(C(=O)O)[C@](C(=O)O)(O1)[C@H](OC(=O)CCC/C=C/[C@H](C)CCCc1ccccc1)[C@H]2O)[C@@H](C)Cc1ccccc1. The first-order chi connectivity index (χ1) is 26.1. The normalized spacial score (nSPS) is 27.5. The Morgan fingerprint density at radius 1 is 0.873 bits per heavy atom. The smallest absolute Gasteiger partial charge is 0.344 e. The molecule has 2 bridgehead atoms. The largest absolute Gasteiger partial charge is 0.479 e. The number of hydrogen-bond donors (Lipinski definition) is 5. The average molecular weight is 769 g/mol. The molecule has 0 saturated carbocycles. The van der Waals surface area contributed by atoms with Gasteiger partial charge in [-0.2, -0.15) is 0 Å². The van der Waals surface area contributed by atoms with Gasteiger partial charge in [-0.05, 0) is 74.3 Å². The highest BCUT2D eigenvalue weighted by Gasteiger charge is 2.85. The zero-order valence-electron chi connectivity index (χ0n) is 31.4. The van der Waals surface area contributed by atoms with Crippen LogP contribution in [0.15, 0.2) is 72.8 Å². The van der Waals surface area contributed by atoms with Crippen LogP contribution in [0.4, 0.5) is 0 Å². The van der Waals surface area contributed by atoms with E-state index in [0.717, 1.165) is 24.8 Å². The third-order valence-electron chi connectivity index (χ3n) is 10.4. The maximum absolute atomic E-state index is 13.2. The summed E-state index contributed by atoms with van der Waals surface area (Å²) in [6.07, 6.45) is -0.702. The van der Waals surface area contributed by atoms with E-state index in [1.807, 2.05) is 67.6 Å². The number of carbonyl (C=O) groups excluding carboxylic acids is 2. The number of aliphatic hydroxyl groups is 2. The van der Waals surface area contributed by atoms with Crippen molar-refractivity contribution in [2.24, 2.45) is 11.8 Å². The second-order valence-corrected chi connectivity index (χ2v) is 14.6. The highest BCUT2D eigenvalue weighted by molar-refractivity contribution is 5.98. The summed E-state index contributed by atoms with van der Waals surface area (Å²) in [6, 6.07) is 19.6. The molecule has 9 atom stereocenters. The first-order valence-electron chi connectivity index (χ1n) is 18.7. The predicted octanol–water partition coefficient (Wildman–Crippen LogP) is 4.47. The molecule has 2 heterocycles. The van der Waals surface area contributed by atoms with Gasteiger partial charge in [0.05, 0.1) is 0 Å². The van der Waals surface area contributed by atoms with Crippen LogP contribution in [0, 0.1) is 11.8 Å². The third-order valence-corrected chi connectivity index (χ3v) is 10.4. The van der Waals surface area contributed by atoms with Gasteiger partial charge in [0, 0.05) is 19.8 Å². The van der Waals surface area contributed by atoms with Gasteiger partial charge in [0.25, 0.3) is 0 Å². The Kier molecular flexibility index (Phi) is 14.7. The van der Waals surface area contributed by atoms with Gasteiger partial charge in [0.15, 0.2) is 6.10 Å². The number of carboxylic acids is 3. The van der Waals surface area contributed by atoms with Crippen LogP contribution in [0.3, 0.4) is 0 Å². The Hall–Kier alpha value is -4.63. The summed E-state index contributed by atoms with van der Waals surface area (Å²) >= 11 is 0. The molecule has 2 unspecified atom stereocenters. The monoisotopic (exact) mass is 768 g/mol. The number of aliphatic hydroxyl groups excluding tert-OH is 1. The van der Waals surface area contributed by atoms with Crippen molar-refractivity contribution in [1.29, 1.82) is 0 Å². The molecule has 14 nitrogen and oxygen atoms in total. The fourth-order valence-corrected chi connectivity index (χ4v) is 7.55. The van der Waals surface area contributed by atoms with E-state index < -0.39 is 77.7 Å². The predicted molar refractivity (Wildman–Crippen MR) is 195 cm³/mol. The van der Waals surface area contributed by atoms with Crippen LogP contribution in [-0.4, -0.2) is 96.8 Å². The molecule has 2 aliphatic rings. The molecule has 4 rings (SSSR count). The summed E-state index contributed by atoms with van der Waals surface area (Å²) in [5.74, 6) is -10.7. The summed E-state index contributed by atoms with van der Waals surface area (Å²) in [4.78, 5) is 63.2. The van der Waals surface area contributed by atoms with Crippen LogP contribution >= 0.6 is 0 Å². The lowest BCUT2D eigenvalue weighted by Crippen LogP contribution is -2.78. The summed E-state index contributed by atoms with van der Waals surface area (Å²) in [7, 11) is 0. The Balaban J connectivity index is 1.48. The van der Waals surface area contributed by atoms with Crippen molar-refractivity contribution in [2.75, 3.05) is 0 Å². The molecule has 300 valence electrons. The van der Waals surface area contributed by atoms with Crippen LogP contribution in [0.25, 0.3) is 0 Å². The van der Waals surface area contributed by atoms with E-state index in [-0.39, 0.29) is 37.5 Å². The quantitative estimate of drug-likeness (QED) is 0.0672. The molecule has 2 aromatic carbocycles. The zero-order chi connectivity index (χ0) is 40.4. The minimum Gasteiger partial charge on any atom is -0.479 e. The van der Waals surface area contributed by atoms with Gasteiger partial charge in [0.2, 0.25) is 23.1 Å². The molecular weight excluding hydrogens is 716 g/mol. The second kappa shape index (κ2) is 18.8. The van der Waals surface area contributed by atoms with Crippen molar-refractivity contribution in [1.82, 2.24) is 0 Å². The van der Waals surface area contributed by atoms with Gasteiger partial charge >= 0.3 is 29.8 Å². The van der Waals surface area contributed by atoms with E-state index in [1.54, 1.807) is 0 Å². The molecule has 2 aliphatic heterocycles. The van der Waals surface area contributed by atoms with Crippen molar-refractivity contribution >= 4 is 29.8 Å². The standard InChI is InChI=1S/C41H52O14/c1-26(16-13-21-29-17-8-5-9-18-29)15-7-4-12-23-32(43)53-34-33(44)39(54-35(36(45)46)40(51,37(47)48)41(34,55-39)38(49)50)24-14-22-31(52-28(3)42)27(2)25-30-19-10-6-11-20-30/h5-11,15,17-20,26-27,31,33-35,44,51H,4,12-14,16,21-25H2,1-3H3,(H,45,46)(H,47,48)(H,49,50)/b15-7+/t26-,27-,31-,33+,34+,35-,39?,40?,41-/m0/s1. The van der Waals surface area contributed by atoms with Gasteiger partial charge in [-0.15, -0.1) is 0 Å². The number of esters is 2. The first-order valence-corrected chi connectivity index (χ1v) is 18.7. The number of hydrogen-bond acceptors (Lipinski definition) is 11. The van der Waals surface area contributed by atoms with Gasteiger partial charge < -0.3 is 44.5 Å². The number of rotatable bonds is 21. The lowest BCUT2D eigenvalue weighted by Gasteiger charge is -2.48. The molecule has 0 spiro atoms. The molecule has 2 fully saturated rings. The van der Waals surface area contributed by atoms with Crippen LogP contribution in [0.1, 0.15) is 83.3 Å². The number of carboxylic acid groups (broad SMARTS) is 3. The van der Waals surface area contributed by atoms with Crippen LogP contribution < -0.4 is 0 Å². The summed E-state index contributed by atoms with van der Waals surface area (Å²) in [5.41, 5.74) is -5.12. The number of allylic oxidation sites excluding steroid dienone is 2. The molecule has 5 N–H and O–H groups in total. The van der Waals surface area contributed by atoms with Crippen molar-refractivity contribution < 1.29 is 68.5 Å². The van der Waals surface area contributed by atoms with Gasteiger partial charge in [-0.3, -0.25) is 9.59 Å². The van der Waals surface area contributed by atoms with Crippen molar-refractivity contribution in [3.8, 4) is 0 Å². The molecule has 2 aromatic rings. The van der Waals surface area contributed by atoms with Crippen molar-refractivity contribution in [3.05, 3.63) is 83.9 Å². The molecule has 2 saturated heterocycles. The number of unbranched alkanes of at least 4 members (excludes halogenated alkanes) is 1. The molecule has 0 amide bonds. The molecular formula is C41H52O14. The maximum atomic E-state index is 13.2.